The number of pyridine rings is 1. The number of methoxy groups -OCH3 is 2. The quantitative estimate of drug-likeness (QED) is 0.378. The first-order valence-corrected chi connectivity index (χ1v) is 10.2. The topological polar surface area (TPSA) is 88.4 Å². The van der Waals surface area contributed by atoms with E-state index in [9.17, 15) is 18.4 Å². The molecule has 0 aliphatic rings. The van der Waals surface area contributed by atoms with Crippen molar-refractivity contribution in [2.45, 2.75) is 6.18 Å². The van der Waals surface area contributed by atoms with Gasteiger partial charge in [0.05, 0.1) is 31.0 Å². The van der Waals surface area contributed by atoms with Crippen molar-refractivity contribution in [3.8, 4) is 29.2 Å². The van der Waals surface area contributed by atoms with E-state index >= 15 is 0 Å². The molecule has 0 radical (unpaired) electrons. The highest BCUT2D eigenvalue weighted by molar-refractivity contribution is 7.80. The molecule has 7 nitrogen and oxygen atoms in total. The second kappa shape index (κ2) is 10.5. The molecule has 0 saturated heterocycles. The van der Waals surface area contributed by atoms with Crippen molar-refractivity contribution in [1.82, 2.24) is 4.98 Å². The molecule has 1 aromatic heterocycles. The summed E-state index contributed by atoms with van der Waals surface area (Å²) in [6, 6.07) is 12.3. The van der Waals surface area contributed by atoms with E-state index < -0.39 is 11.7 Å². The Balaban J connectivity index is 1.74. The molecule has 0 saturated carbocycles. The number of nitriles is 1. The second-order valence-corrected chi connectivity index (χ2v) is 7.40. The third kappa shape index (κ3) is 5.98. The fraction of sp³-hybridized carbons (Fsp3) is 0.136. The number of ether oxygens (including phenoxy) is 3. The zero-order valence-corrected chi connectivity index (χ0v) is 19.2. The van der Waals surface area contributed by atoms with Crippen LogP contribution in [0, 0.1) is 11.3 Å². The lowest BCUT2D eigenvalue weighted by Crippen LogP contribution is -2.19. The molecule has 3 aromatic rings. The highest BCUT2D eigenvalue weighted by Gasteiger charge is 2.31. The van der Waals surface area contributed by atoms with Crippen molar-refractivity contribution in [2.24, 2.45) is 0 Å². The standard InChI is InChI=1S/C22H16ClF3N4O3S/c1-31-18-6-12(10-27)17(9-19(18)32-2)30-21(34)29-14-4-3-5-15(8-14)33-20-16(23)7-13(11-28-20)22(24,25)26/h3-9,11H,1-2H3,(H2,29,30,34). The molecule has 0 amide bonds. The van der Waals surface area contributed by atoms with Crippen LogP contribution >= 0.6 is 23.8 Å². The normalized spacial score (nSPS) is 10.7. The van der Waals surface area contributed by atoms with Gasteiger partial charge in [-0.25, -0.2) is 4.98 Å². The van der Waals surface area contributed by atoms with Gasteiger partial charge in [0.1, 0.15) is 16.8 Å². The number of thiocarbonyl (C=S) groups is 1. The van der Waals surface area contributed by atoms with Gasteiger partial charge in [0, 0.05) is 30.1 Å². The first-order chi connectivity index (χ1) is 16.1. The average Bonchev–Trinajstić information content (AvgIpc) is 2.79. The van der Waals surface area contributed by atoms with Crippen LogP contribution in [0.25, 0.3) is 0 Å². The van der Waals surface area contributed by atoms with Crippen LogP contribution in [0.5, 0.6) is 23.1 Å². The molecule has 12 heteroatoms. The summed E-state index contributed by atoms with van der Waals surface area (Å²) < 4.78 is 54.3. The molecule has 3 rings (SSSR count). The van der Waals surface area contributed by atoms with Crippen molar-refractivity contribution in [3.63, 3.8) is 0 Å². The summed E-state index contributed by atoms with van der Waals surface area (Å²) in [4.78, 5) is 3.65. The molecule has 0 aliphatic carbocycles. The van der Waals surface area contributed by atoms with Crippen LogP contribution in [0.2, 0.25) is 5.02 Å². The van der Waals surface area contributed by atoms with Gasteiger partial charge in [-0.1, -0.05) is 17.7 Å². The van der Waals surface area contributed by atoms with E-state index in [-0.39, 0.29) is 27.3 Å². The van der Waals surface area contributed by atoms with Crippen molar-refractivity contribution in [2.75, 3.05) is 24.9 Å². The number of rotatable bonds is 6. The molecule has 0 unspecified atom stereocenters. The van der Waals surface area contributed by atoms with Gasteiger partial charge in [-0.3, -0.25) is 0 Å². The van der Waals surface area contributed by atoms with Crippen molar-refractivity contribution < 1.29 is 27.4 Å². The van der Waals surface area contributed by atoms with Crippen molar-refractivity contribution in [3.05, 3.63) is 64.8 Å². The minimum Gasteiger partial charge on any atom is -0.493 e. The number of alkyl halides is 3. The number of nitrogens with zero attached hydrogens (tertiary/aromatic N) is 2. The number of hydrogen-bond donors (Lipinski definition) is 2. The van der Waals surface area contributed by atoms with Gasteiger partial charge in [-0.2, -0.15) is 18.4 Å². The number of anilines is 2. The summed E-state index contributed by atoms with van der Waals surface area (Å²) in [5, 5.41) is 15.1. The number of aromatic nitrogens is 1. The van der Waals surface area contributed by atoms with Crippen LogP contribution in [0.3, 0.4) is 0 Å². The first kappa shape index (κ1) is 24.9. The third-order valence-electron chi connectivity index (χ3n) is 4.33. The van der Waals surface area contributed by atoms with Crippen LogP contribution in [-0.4, -0.2) is 24.3 Å². The number of nitrogens with one attached hydrogen (secondary N) is 2. The average molecular weight is 509 g/mol. The van der Waals surface area contributed by atoms with Crippen LogP contribution in [0.15, 0.2) is 48.7 Å². The maximum atomic E-state index is 12.8. The van der Waals surface area contributed by atoms with Gasteiger partial charge in [0.2, 0.25) is 5.88 Å². The Hall–Kier alpha value is -3.75. The molecule has 0 bridgehead atoms. The predicted octanol–water partition coefficient (Wildman–Crippen LogP) is 6.24. The van der Waals surface area contributed by atoms with Crippen LogP contribution in [-0.2, 0) is 6.18 Å². The minimum absolute atomic E-state index is 0.159. The van der Waals surface area contributed by atoms with E-state index in [2.05, 4.69) is 21.7 Å². The SMILES string of the molecule is COc1cc(C#N)c(NC(=S)Nc2cccc(Oc3ncc(C(F)(F)F)cc3Cl)c2)cc1OC. The zero-order valence-electron chi connectivity index (χ0n) is 17.7. The summed E-state index contributed by atoms with van der Waals surface area (Å²) in [6.07, 6.45) is -3.93. The molecule has 0 spiro atoms. The maximum Gasteiger partial charge on any atom is 0.417 e. The number of hydrogen-bond acceptors (Lipinski definition) is 6. The van der Waals surface area contributed by atoms with Gasteiger partial charge in [-0.15, -0.1) is 0 Å². The Kier molecular flexibility index (Phi) is 7.65. The first-order valence-electron chi connectivity index (χ1n) is 9.39. The van der Waals surface area contributed by atoms with E-state index in [0.29, 0.717) is 29.1 Å². The van der Waals surface area contributed by atoms with E-state index in [0.717, 1.165) is 6.07 Å². The monoisotopic (exact) mass is 508 g/mol. The molecule has 176 valence electrons. The Morgan fingerprint density at radius 3 is 2.41 bits per heavy atom. The third-order valence-corrected chi connectivity index (χ3v) is 4.81. The predicted molar refractivity (Wildman–Crippen MR) is 125 cm³/mol. The van der Waals surface area contributed by atoms with E-state index in [1.165, 1.54) is 20.3 Å². The molecule has 0 atom stereocenters. The van der Waals surface area contributed by atoms with Crippen molar-refractivity contribution in [1.29, 1.82) is 5.26 Å². The largest absolute Gasteiger partial charge is 0.493 e. The maximum absolute atomic E-state index is 12.8. The van der Waals surface area contributed by atoms with Gasteiger partial charge >= 0.3 is 6.18 Å². The summed E-state index contributed by atoms with van der Waals surface area (Å²) in [6.45, 7) is 0. The molecule has 2 N–H and O–H groups in total. The Bertz CT molecular complexity index is 1270. The van der Waals surface area contributed by atoms with E-state index in [1.807, 2.05) is 0 Å². The van der Waals surface area contributed by atoms with Crippen LogP contribution in [0.1, 0.15) is 11.1 Å². The molecule has 2 aromatic carbocycles. The van der Waals surface area contributed by atoms with Crippen LogP contribution in [0.4, 0.5) is 24.5 Å². The van der Waals surface area contributed by atoms with E-state index in [4.69, 9.17) is 38.0 Å². The van der Waals surface area contributed by atoms with Crippen molar-refractivity contribution >= 4 is 40.3 Å². The molecule has 34 heavy (non-hydrogen) atoms. The lowest BCUT2D eigenvalue weighted by Gasteiger charge is -2.15. The van der Waals surface area contributed by atoms with Gasteiger partial charge < -0.3 is 24.8 Å². The Morgan fingerprint density at radius 2 is 1.79 bits per heavy atom. The highest BCUT2D eigenvalue weighted by Crippen LogP contribution is 2.35. The highest BCUT2D eigenvalue weighted by atomic mass is 35.5. The number of halogens is 4. The molecule has 0 fully saturated rings. The number of benzene rings is 2. The summed E-state index contributed by atoms with van der Waals surface area (Å²) >= 11 is 11.2. The fourth-order valence-electron chi connectivity index (χ4n) is 2.76. The zero-order chi connectivity index (χ0) is 24.9. The fourth-order valence-corrected chi connectivity index (χ4v) is 3.20. The van der Waals surface area contributed by atoms with Gasteiger partial charge in [-0.05, 0) is 30.4 Å². The molecule has 1 heterocycles. The second-order valence-electron chi connectivity index (χ2n) is 6.58. The molecular weight excluding hydrogens is 493 g/mol. The summed E-state index contributed by atoms with van der Waals surface area (Å²) in [5.74, 6) is 0.870. The van der Waals surface area contributed by atoms with Gasteiger partial charge in [0.25, 0.3) is 0 Å². The van der Waals surface area contributed by atoms with Crippen LogP contribution < -0.4 is 24.8 Å². The smallest absolute Gasteiger partial charge is 0.417 e. The molecular formula is C22H16ClF3N4O3S. The minimum atomic E-state index is -4.57. The Labute approximate surface area is 203 Å². The summed E-state index contributed by atoms with van der Waals surface area (Å²) in [7, 11) is 2.92. The lowest BCUT2D eigenvalue weighted by atomic mass is 10.1. The lowest BCUT2D eigenvalue weighted by molar-refractivity contribution is -0.137. The Morgan fingerprint density at radius 1 is 1.09 bits per heavy atom. The van der Waals surface area contributed by atoms with Gasteiger partial charge in [0.15, 0.2) is 16.6 Å². The van der Waals surface area contributed by atoms with E-state index in [1.54, 1.807) is 30.3 Å². The summed E-state index contributed by atoms with van der Waals surface area (Å²) in [5.41, 5.74) is 0.188. The molecule has 0 aliphatic heterocycles.